The Balaban J connectivity index is 0.00000341. The van der Waals surface area contributed by atoms with Crippen LogP contribution in [0.2, 0.25) is 0 Å². The maximum atomic E-state index is 11.8. The number of guanidine groups is 1. The molecule has 0 radical (unpaired) electrons. The topological polar surface area (TPSA) is 73.3 Å². The summed E-state index contributed by atoms with van der Waals surface area (Å²) in [5.41, 5.74) is 1.10. The number of nitrogens with zero attached hydrogens (tertiary/aromatic N) is 5. The standard InChI is InChI=1S/C22H36N6O2.HI/c1-4-23-22(28-10-8-19(9-11-28)21(29)30-3)25-17-18-6-7-20(24-16-18)27-14-12-26(5-2)13-15-27;/h6-7,16,19H,4-5,8-15,17H2,1-3H3,(H,23,25);1H. The first-order valence-electron chi connectivity index (χ1n) is 11.2. The van der Waals surface area contributed by atoms with Gasteiger partial charge in [-0.1, -0.05) is 13.0 Å². The van der Waals surface area contributed by atoms with Crippen LogP contribution in [0.5, 0.6) is 0 Å². The molecule has 3 heterocycles. The van der Waals surface area contributed by atoms with E-state index < -0.39 is 0 Å². The zero-order chi connectivity index (χ0) is 21.3. The van der Waals surface area contributed by atoms with Gasteiger partial charge in [-0.25, -0.2) is 9.98 Å². The molecule has 1 aromatic heterocycles. The highest BCUT2D eigenvalue weighted by molar-refractivity contribution is 14.0. The first-order valence-corrected chi connectivity index (χ1v) is 11.2. The molecule has 1 aromatic rings. The molecule has 9 heteroatoms. The predicted molar refractivity (Wildman–Crippen MR) is 135 cm³/mol. The molecule has 0 spiro atoms. The number of hydrogen-bond donors (Lipinski definition) is 1. The molecule has 0 unspecified atom stereocenters. The Morgan fingerprint density at radius 1 is 1.16 bits per heavy atom. The van der Waals surface area contributed by atoms with E-state index in [1.54, 1.807) is 0 Å². The average Bonchev–Trinajstić information content (AvgIpc) is 2.82. The third-order valence-electron chi connectivity index (χ3n) is 6.03. The third kappa shape index (κ3) is 7.20. The summed E-state index contributed by atoms with van der Waals surface area (Å²) < 4.78 is 4.89. The van der Waals surface area contributed by atoms with Crippen LogP contribution in [0.4, 0.5) is 5.82 Å². The van der Waals surface area contributed by atoms with Gasteiger partial charge in [0.05, 0.1) is 19.6 Å². The normalized spacial score (nSPS) is 18.5. The number of hydrogen-bond acceptors (Lipinski definition) is 6. The van der Waals surface area contributed by atoms with Crippen LogP contribution < -0.4 is 10.2 Å². The minimum Gasteiger partial charge on any atom is -0.469 e. The molecule has 2 aliphatic rings. The monoisotopic (exact) mass is 544 g/mol. The van der Waals surface area contributed by atoms with Crippen molar-refractivity contribution in [3.8, 4) is 0 Å². The molecule has 8 nitrogen and oxygen atoms in total. The number of aliphatic imine (C=N–C) groups is 1. The molecule has 2 aliphatic heterocycles. The largest absolute Gasteiger partial charge is 0.469 e. The first kappa shape index (κ1) is 25.6. The highest BCUT2D eigenvalue weighted by Crippen LogP contribution is 2.19. The van der Waals surface area contributed by atoms with E-state index in [1.165, 1.54) is 7.11 Å². The lowest BCUT2D eigenvalue weighted by molar-refractivity contribution is -0.146. The maximum Gasteiger partial charge on any atom is 0.308 e. The number of piperazine rings is 1. The molecule has 2 saturated heterocycles. The number of carbonyl (C=O) groups is 1. The van der Waals surface area contributed by atoms with Gasteiger partial charge in [-0.05, 0) is 37.9 Å². The molecule has 0 amide bonds. The van der Waals surface area contributed by atoms with Gasteiger partial charge >= 0.3 is 5.97 Å². The molecule has 0 atom stereocenters. The first-order chi connectivity index (χ1) is 14.6. The van der Waals surface area contributed by atoms with Crippen molar-refractivity contribution in [1.29, 1.82) is 0 Å². The third-order valence-corrected chi connectivity index (χ3v) is 6.03. The van der Waals surface area contributed by atoms with Crippen LogP contribution in [-0.4, -0.2) is 86.2 Å². The predicted octanol–water partition coefficient (Wildman–Crippen LogP) is 2.19. The summed E-state index contributed by atoms with van der Waals surface area (Å²) in [6.07, 6.45) is 3.55. The van der Waals surface area contributed by atoms with Crippen LogP contribution in [-0.2, 0) is 16.1 Å². The van der Waals surface area contributed by atoms with Crippen molar-refractivity contribution in [3.63, 3.8) is 0 Å². The molecule has 0 aliphatic carbocycles. The number of methoxy groups -OCH3 is 1. The van der Waals surface area contributed by atoms with Crippen LogP contribution in [0.3, 0.4) is 0 Å². The minimum absolute atomic E-state index is 0. The number of aromatic nitrogens is 1. The van der Waals surface area contributed by atoms with Crippen molar-refractivity contribution in [2.24, 2.45) is 10.9 Å². The number of anilines is 1. The summed E-state index contributed by atoms with van der Waals surface area (Å²) >= 11 is 0. The number of ether oxygens (including phenoxy) is 1. The smallest absolute Gasteiger partial charge is 0.308 e. The summed E-state index contributed by atoms with van der Waals surface area (Å²) in [6.45, 7) is 12.7. The second-order valence-corrected chi connectivity index (χ2v) is 7.90. The average molecular weight is 544 g/mol. The second kappa shape index (κ2) is 13.0. The number of pyridine rings is 1. The summed E-state index contributed by atoms with van der Waals surface area (Å²) in [5, 5.41) is 3.38. The quantitative estimate of drug-likeness (QED) is 0.255. The van der Waals surface area contributed by atoms with E-state index >= 15 is 0 Å². The van der Waals surface area contributed by atoms with E-state index in [1.807, 2.05) is 6.20 Å². The van der Waals surface area contributed by atoms with Crippen molar-refractivity contribution >= 4 is 41.7 Å². The van der Waals surface area contributed by atoms with Gasteiger partial charge in [0.25, 0.3) is 0 Å². The van der Waals surface area contributed by atoms with Crippen LogP contribution in [0.15, 0.2) is 23.3 Å². The fourth-order valence-corrected chi connectivity index (χ4v) is 4.08. The Bertz CT molecular complexity index is 698. The van der Waals surface area contributed by atoms with Gasteiger partial charge < -0.3 is 24.8 Å². The summed E-state index contributed by atoms with van der Waals surface area (Å²) in [4.78, 5) is 28.3. The van der Waals surface area contributed by atoms with E-state index in [2.05, 4.69) is 51.0 Å². The Hall–Kier alpha value is -1.62. The zero-order valence-electron chi connectivity index (χ0n) is 19.0. The summed E-state index contributed by atoms with van der Waals surface area (Å²) in [6, 6.07) is 4.24. The molecule has 3 rings (SSSR count). The molecular formula is C22H37IN6O2. The van der Waals surface area contributed by atoms with Gasteiger partial charge in [-0.3, -0.25) is 4.79 Å². The molecule has 2 fully saturated rings. The number of halogens is 1. The van der Waals surface area contributed by atoms with Crippen LogP contribution in [0.25, 0.3) is 0 Å². The van der Waals surface area contributed by atoms with Crippen molar-refractivity contribution in [3.05, 3.63) is 23.9 Å². The van der Waals surface area contributed by atoms with E-state index in [0.717, 1.165) is 82.5 Å². The second-order valence-electron chi connectivity index (χ2n) is 7.90. The fourth-order valence-electron chi connectivity index (χ4n) is 4.08. The molecular weight excluding hydrogens is 507 g/mol. The van der Waals surface area contributed by atoms with Crippen molar-refractivity contribution in [2.45, 2.75) is 33.2 Å². The molecule has 174 valence electrons. The van der Waals surface area contributed by atoms with Crippen LogP contribution >= 0.6 is 24.0 Å². The fraction of sp³-hybridized carbons (Fsp3) is 0.682. The van der Waals surface area contributed by atoms with Gasteiger partial charge in [0, 0.05) is 52.0 Å². The van der Waals surface area contributed by atoms with Gasteiger partial charge in [0.1, 0.15) is 5.82 Å². The molecule has 0 aromatic carbocycles. The molecule has 31 heavy (non-hydrogen) atoms. The Morgan fingerprint density at radius 2 is 1.87 bits per heavy atom. The molecule has 1 N–H and O–H groups in total. The SMILES string of the molecule is CCNC(=NCc1ccc(N2CCN(CC)CC2)nc1)N1CCC(C(=O)OC)CC1.I. The number of likely N-dealkylation sites (tertiary alicyclic amines) is 1. The number of piperidine rings is 1. The Labute approximate surface area is 203 Å². The van der Waals surface area contributed by atoms with Crippen LogP contribution in [0, 0.1) is 5.92 Å². The van der Waals surface area contributed by atoms with Crippen molar-refractivity contribution < 1.29 is 9.53 Å². The van der Waals surface area contributed by atoms with Crippen LogP contribution in [0.1, 0.15) is 32.3 Å². The lowest BCUT2D eigenvalue weighted by atomic mass is 9.97. The van der Waals surface area contributed by atoms with E-state index in [-0.39, 0.29) is 35.9 Å². The summed E-state index contributed by atoms with van der Waals surface area (Å²) in [5.74, 6) is 1.86. The summed E-state index contributed by atoms with van der Waals surface area (Å²) in [7, 11) is 1.46. The van der Waals surface area contributed by atoms with Gasteiger partial charge in [0.15, 0.2) is 5.96 Å². The van der Waals surface area contributed by atoms with E-state index in [4.69, 9.17) is 9.73 Å². The minimum atomic E-state index is -0.0983. The van der Waals surface area contributed by atoms with Gasteiger partial charge in [-0.15, -0.1) is 24.0 Å². The highest BCUT2D eigenvalue weighted by atomic mass is 127. The van der Waals surface area contributed by atoms with E-state index in [0.29, 0.717) is 6.54 Å². The van der Waals surface area contributed by atoms with Crippen molar-refractivity contribution in [2.75, 3.05) is 64.4 Å². The number of esters is 1. The Kier molecular flexibility index (Phi) is 10.8. The number of likely N-dealkylation sites (N-methyl/N-ethyl adjacent to an activating group) is 1. The lowest BCUT2D eigenvalue weighted by Gasteiger charge is -2.34. The lowest BCUT2D eigenvalue weighted by Crippen LogP contribution is -2.46. The number of nitrogens with one attached hydrogen (secondary N) is 1. The van der Waals surface area contributed by atoms with Gasteiger partial charge in [0.2, 0.25) is 0 Å². The molecule has 0 saturated carbocycles. The highest BCUT2D eigenvalue weighted by Gasteiger charge is 2.27. The van der Waals surface area contributed by atoms with Crippen molar-refractivity contribution in [1.82, 2.24) is 20.1 Å². The van der Waals surface area contributed by atoms with E-state index in [9.17, 15) is 4.79 Å². The zero-order valence-corrected chi connectivity index (χ0v) is 21.4. The molecule has 0 bridgehead atoms. The number of carbonyl (C=O) groups excluding carboxylic acids is 1. The maximum absolute atomic E-state index is 11.8. The number of rotatable bonds is 6. The Morgan fingerprint density at radius 3 is 2.42 bits per heavy atom. The van der Waals surface area contributed by atoms with Gasteiger partial charge in [-0.2, -0.15) is 0 Å².